The van der Waals surface area contributed by atoms with Gasteiger partial charge >= 0.3 is 0 Å². The van der Waals surface area contributed by atoms with Crippen molar-refractivity contribution in [3.05, 3.63) is 68.4 Å². The van der Waals surface area contributed by atoms with Crippen molar-refractivity contribution in [2.75, 3.05) is 18.0 Å². The molecular formula is C20H18BrFN4O. The fraction of sp³-hybridized carbons (Fsp3) is 0.250. The van der Waals surface area contributed by atoms with E-state index in [4.69, 9.17) is 0 Å². The van der Waals surface area contributed by atoms with E-state index in [-0.39, 0.29) is 11.4 Å². The molecule has 0 saturated carbocycles. The topological polar surface area (TPSA) is 50.5 Å². The molecule has 27 heavy (non-hydrogen) atoms. The number of hydrogen-bond donors (Lipinski definition) is 0. The van der Waals surface area contributed by atoms with Gasteiger partial charge < -0.3 is 4.90 Å². The van der Waals surface area contributed by atoms with Crippen LogP contribution in [0.5, 0.6) is 0 Å². The average Bonchev–Trinajstić information content (AvgIpc) is 3.18. The molecule has 1 aliphatic heterocycles. The minimum Gasteiger partial charge on any atom is -0.371 e. The zero-order valence-electron chi connectivity index (χ0n) is 14.8. The Hall–Kier alpha value is -2.54. The molecule has 0 radical (unpaired) electrons. The number of rotatable bonds is 3. The molecule has 1 aromatic heterocycles. The summed E-state index contributed by atoms with van der Waals surface area (Å²) in [5, 5.41) is 4.65. The van der Waals surface area contributed by atoms with E-state index in [1.165, 1.54) is 17.0 Å². The van der Waals surface area contributed by atoms with Gasteiger partial charge in [0, 0.05) is 28.8 Å². The van der Waals surface area contributed by atoms with E-state index in [9.17, 15) is 9.18 Å². The molecular weight excluding hydrogens is 411 g/mol. The summed E-state index contributed by atoms with van der Waals surface area (Å²) in [5.74, 6) is 0.0884. The zero-order valence-corrected chi connectivity index (χ0v) is 16.4. The standard InChI is InChI=1S/C20H18BrFN4O/c1-13-24-19-7-5-15(21)10-17(19)20(27)26(13)23-12-14-4-6-16(11-18(14)22)25-8-2-3-9-25/h4-7,10-12H,2-3,8-9H2,1H3. The lowest BCUT2D eigenvalue weighted by Gasteiger charge is -2.17. The Morgan fingerprint density at radius 1 is 1.19 bits per heavy atom. The molecule has 0 atom stereocenters. The van der Waals surface area contributed by atoms with Crippen LogP contribution < -0.4 is 10.5 Å². The highest BCUT2D eigenvalue weighted by molar-refractivity contribution is 9.10. The van der Waals surface area contributed by atoms with E-state index in [1.807, 2.05) is 12.1 Å². The molecule has 0 amide bonds. The number of aromatic nitrogens is 2. The Kier molecular flexibility index (Phi) is 4.78. The molecule has 0 bridgehead atoms. The van der Waals surface area contributed by atoms with Gasteiger partial charge in [0.25, 0.3) is 5.56 Å². The molecule has 0 unspecified atom stereocenters. The molecule has 1 saturated heterocycles. The molecule has 0 spiro atoms. The third-order valence-electron chi connectivity index (χ3n) is 4.74. The number of hydrogen-bond acceptors (Lipinski definition) is 4. The van der Waals surface area contributed by atoms with Crippen molar-refractivity contribution in [2.45, 2.75) is 19.8 Å². The highest BCUT2D eigenvalue weighted by Crippen LogP contribution is 2.22. The van der Waals surface area contributed by atoms with Crippen molar-refractivity contribution in [1.82, 2.24) is 9.66 Å². The van der Waals surface area contributed by atoms with Crippen molar-refractivity contribution in [1.29, 1.82) is 0 Å². The third kappa shape index (κ3) is 3.51. The Bertz CT molecular complexity index is 1100. The summed E-state index contributed by atoms with van der Waals surface area (Å²) < 4.78 is 16.5. The summed E-state index contributed by atoms with van der Waals surface area (Å²) in [6.45, 7) is 3.62. The number of fused-ring (bicyclic) bond motifs is 1. The van der Waals surface area contributed by atoms with Gasteiger partial charge in [-0.2, -0.15) is 9.78 Å². The fourth-order valence-corrected chi connectivity index (χ4v) is 3.67. The minimum absolute atomic E-state index is 0.288. The maximum Gasteiger partial charge on any atom is 0.282 e. The van der Waals surface area contributed by atoms with Crippen LogP contribution in [0.25, 0.3) is 10.9 Å². The predicted molar refractivity (Wildman–Crippen MR) is 109 cm³/mol. The van der Waals surface area contributed by atoms with Gasteiger partial charge in [-0.25, -0.2) is 9.37 Å². The molecule has 1 aliphatic rings. The summed E-state index contributed by atoms with van der Waals surface area (Å²) in [4.78, 5) is 19.3. The Labute approximate surface area is 164 Å². The van der Waals surface area contributed by atoms with Crippen molar-refractivity contribution < 1.29 is 4.39 Å². The van der Waals surface area contributed by atoms with Gasteiger partial charge in [-0.1, -0.05) is 15.9 Å². The van der Waals surface area contributed by atoms with Crippen molar-refractivity contribution in [3.63, 3.8) is 0 Å². The van der Waals surface area contributed by atoms with Crippen LogP contribution in [0.15, 0.2) is 50.8 Å². The summed E-state index contributed by atoms with van der Waals surface area (Å²) in [5.41, 5.74) is 1.53. The molecule has 2 heterocycles. The van der Waals surface area contributed by atoms with E-state index < -0.39 is 0 Å². The first kappa shape index (κ1) is 17.9. The fourth-order valence-electron chi connectivity index (χ4n) is 3.31. The van der Waals surface area contributed by atoms with Gasteiger partial charge in [-0.3, -0.25) is 4.79 Å². The van der Waals surface area contributed by atoms with Crippen LogP contribution in [0.3, 0.4) is 0 Å². The molecule has 0 N–H and O–H groups in total. The summed E-state index contributed by atoms with van der Waals surface area (Å²) in [6.07, 6.45) is 3.64. The van der Waals surface area contributed by atoms with E-state index >= 15 is 0 Å². The number of nitrogens with zero attached hydrogens (tertiary/aromatic N) is 4. The number of aryl methyl sites for hydroxylation is 1. The maximum absolute atomic E-state index is 14.5. The molecule has 3 aromatic rings. The summed E-state index contributed by atoms with van der Waals surface area (Å²) in [6, 6.07) is 10.4. The van der Waals surface area contributed by atoms with Gasteiger partial charge in [0.05, 0.1) is 17.1 Å². The predicted octanol–water partition coefficient (Wildman–Crippen LogP) is 4.09. The molecule has 0 aliphatic carbocycles. The van der Waals surface area contributed by atoms with E-state index in [0.717, 1.165) is 36.1 Å². The van der Waals surface area contributed by atoms with E-state index in [1.54, 1.807) is 25.1 Å². The zero-order chi connectivity index (χ0) is 19.0. The van der Waals surface area contributed by atoms with Crippen LogP contribution in [0.2, 0.25) is 0 Å². The number of halogens is 2. The first-order valence-corrected chi connectivity index (χ1v) is 9.60. The lowest BCUT2D eigenvalue weighted by Crippen LogP contribution is -2.20. The van der Waals surface area contributed by atoms with Crippen LogP contribution in [-0.2, 0) is 0 Å². The minimum atomic E-state index is -0.356. The summed E-state index contributed by atoms with van der Waals surface area (Å²) in [7, 11) is 0. The van der Waals surface area contributed by atoms with Crippen LogP contribution in [0.1, 0.15) is 24.2 Å². The largest absolute Gasteiger partial charge is 0.371 e. The van der Waals surface area contributed by atoms with Crippen LogP contribution in [0.4, 0.5) is 10.1 Å². The van der Waals surface area contributed by atoms with E-state index in [0.29, 0.717) is 22.3 Å². The number of benzene rings is 2. The van der Waals surface area contributed by atoms with Crippen molar-refractivity contribution >= 4 is 38.7 Å². The highest BCUT2D eigenvalue weighted by Gasteiger charge is 2.14. The van der Waals surface area contributed by atoms with E-state index in [2.05, 4.69) is 30.9 Å². The first-order chi connectivity index (χ1) is 13.0. The highest BCUT2D eigenvalue weighted by atomic mass is 79.9. The van der Waals surface area contributed by atoms with Gasteiger partial charge in [0.15, 0.2) is 0 Å². The molecule has 138 valence electrons. The first-order valence-electron chi connectivity index (χ1n) is 8.81. The normalized spacial score (nSPS) is 14.6. The van der Waals surface area contributed by atoms with Crippen molar-refractivity contribution in [3.8, 4) is 0 Å². The SMILES string of the molecule is Cc1nc2ccc(Br)cc2c(=O)n1N=Cc1ccc(N2CCCC2)cc1F. The Morgan fingerprint density at radius 3 is 2.70 bits per heavy atom. The lowest BCUT2D eigenvalue weighted by atomic mass is 10.2. The molecule has 4 rings (SSSR count). The smallest absolute Gasteiger partial charge is 0.282 e. The van der Waals surface area contributed by atoms with Crippen LogP contribution in [-0.4, -0.2) is 29.0 Å². The summed E-state index contributed by atoms with van der Waals surface area (Å²) >= 11 is 3.36. The maximum atomic E-state index is 14.5. The van der Waals surface area contributed by atoms with Gasteiger partial charge in [0.1, 0.15) is 11.6 Å². The average molecular weight is 429 g/mol. The van der Waals surface area contributed by atoms with Crippen LogP contribution >= 0.6 is 15.9 Å². The third-order valence-corrected chi connectivity index (χ3v) is 5.23. The Morgan fingerprint density at radius 2 is 1.96 bits per heavy atom. The molecule has 7 heteroatoms. The van der Waals surface area contributed by atoms with Gasteiger partial charge in [-0.15, -0.1) is 0 Å². The van der Waals surface area contributed by atoms with Gasteiger partial charge in [-0.05, 0) is 56.2 Å². The van der Waals surface area contributed by atoms with Gasteiger partial charge in [0.2, 0.25) is 0 Å². The molecule has 1 fully saturated rings. The lowest BCUT2D eigenvalue weighted by molar-refractivity contribution is 0.625. The second-order valence-electron chi connectivity index (χ2n) is 6.58. The quantitative estimate of drug-likeness (QED) is 0.590. The Balaban J connectivity index is 1.69. The van der Waals surface area contributed by atoms with Crippen molar-refractivity contribution in [2.24, 2.45) is 5.10 Å². The second-order valence-corrected chi connectivity index (χ2v) is 7.50. The molecule has 2 aromatic carbocycles. The monoisotopic (exact) mass is 428 g/mol. The second kappa shape index (κ2) is 7.23. The number of anilines is 1. The van der Waals surface area contributed by atoms with Crippen LogP contribution in [0, 0.1) is 12.7 Å². The molecule has 5 nitrogen and oxygen atoms in total.